The zero-order valence-electron chi connectivity index (χ0n) is 7.09. The molecule has 0 amide bonds. The first kappa shape index (κ1) is 10.5. The molecular formula is C8H6F3NO2. The van der Waals surface area contributed by atoms with Gasteiger partial charge in [-0.2, -0.15) is 0 Å². The molecule has 0 saturated carbocycles. The van der Waals surface area contributed by atoms with Gasteiger partial charge >= 0.3 is 5.97 Å². The quantitative estimate of drug-likeness (QED) is 0.804. The first-order valence-electron chi connectivity index (χ1n) is 3.62. The zero-order valence-corrected chi connectivity index (χ0v) is 7.09. The fraction of sp³-hybridized carbons (Fsp3) is 0.250. The molecule has 14 heavy (non-hydrogen) atoms. The second-order valence-corrected chi connectivity index (χ2v) is 2.63. The van der Waals surface area contributed by atoms with E-state index in [1.165, 1.54) is 6.92 Å². The van der Waals surface area contributed by atoms with Crippen LogP contribution in [0.3, 0.4) is 0 Å². The van der Waals surface area contributed by atoms with Crippen LogP contribution in [0.2, 0.25) is 0 Å². The molecule has 0 bridgehead atoms. The fourth-order valence-corrected chi connectivity index (χ4v) is 0.936. The maximum Gasteiger partial charge on any atom is 0.357 e. The molecule has 0 aliphatic heterocycles. The number of aryl methyl sites for hydroxylation is 1. The predicted octanol–water partition coefficient (Wildman–Crippen LogP) is 2.16. The molecule has 1 heterocycles. The van der Waals surface area contributed by atoms with Gasteiger partial charge in [-0.25, -0.2) is 22.9 Å². The summed E-state index contributed by atoms with van der Waals surface area (Å²) in [6.07, 6.45) is -2.91. The van der Waals surface area contributed by atoms with E-state index in [-0.39, 0.29) is 5.56 Å². The summed E-state index contributed by atoms with van der Waals surface area (Å²) in [5, 5.41) is 8.45. The first-order chi connectivity index (χ1) is 6.43. The van der Waals surface area contributed by atoms with E-state index in [1.54, 1.807) is 0 Å². The third kappa shape index (κ3) is 1.84. The Morgan fingerprint density at radius 1 is 1.57 bits per heavy atom. The van der Waals surface area contributed by atoms with Crippen molar-refractivity contribution in [1.29, 1.82) is 0 Å². The Labute approximate surface area is 77.2 Å². The maximum absolute atomic E-state index is 13.0. The van der Waals surface area contributed by atoms with Crippen molar-refractivity contribution in [2.75, 3.05) is 0 Å². The van der Waals surface area contributed by atoms with Crippen LogP contribution in [0.1, 0.15) is 28.2 Å². The number of rotatable bonds is 2. The SMILES string of the molecule is Cc1cc(C(F)F)nc(C(=O)O)c1F. The Morgan fingerprint density at radius 2 is 2.14 bits per heavy atom. The summed E-state index contributed by atoms with van der Waals surface area (Å²) in [6.45, 7) is 1.20. The van der Waals surface area contributed by atoms with Crippen LogP contribution in [-0.4, -0.2) is 16.1 Å². The second-order valence-electron chi connectivity index (χ2n) is 2.63. The summed E-state index contributed by atoms with van der Waals surface area (Å²) in [5.74, 6) is -2.74. The lowest BCUT2D eigenvalue weighted by Crippen LogP contribution is -2.08. The number of pyridine rings is 1. The van der Waals surface area contributed by atoms with E-state index < -0.39 is 29.6 Å². The lowest BCUT2D eigenvalue weighted by Gasteiger charge is -2.04. The number of aromatic nitrogens is 1. The van der Waals surface area contributed by atoms with Gasteiger partial charge in [0.2, 0.25) is 0 Å². The number of carboxylic acids is 1. The molecule has 0 atom stereocenters. The topological polar surface area (TPSA) is 50.2 Å². The molecule has 0 saturated heterocycles. The van der Waals surface area contributed by atoms with Crippen LogP contribution in [0.15, 0.2) is 6.07 Å². The normalized spacial score (nSPS) is 10.6. The van der Waals surface area contributed by atoms with Crippen molar-refractivity contribution in [1.82, 2.24) is 4.98 Å². The highest BCUT2D eigenvalue weighted by molar-refractivity contribution is 5.85. The van der Waals surface area contributed by atoms with Crippen molar-refractivity contribution >= 4 is 5.97 Å². The summed E-state index contributed by atoms with van der Waals surface area (Å²) in [4.78, 5) is 13.4. The highest BCUT2D eigenvalue weighted by Crippen LogP contribution is 2.20. The Balaban J connectivity index is 3.35. The molecule has 0 aliphatic rings. The van der Waals surface area contributed by atoms with E-state index >= 15 is 0 Å². The van der Waals surface area contributed by atoms with Gasteiger partial charge in [-0.15, -0.1) is 0 Å². The van der Waals surface area contributed by atoms with Crippen LogP contribution < -0.4 is 0 Å². The van der Waals surface area contributed by atoms with Crippen LogP contribution in [0, 0.1) is 12.7 Å². The largest absolute Gasteiger partial charge is 0.476 e. The number of nitrogens with zero attached hydrogens (tertiary/aromatic N) is 1. The Kier molecular flexibility index (Phi) is 2.73. The summed E-state index contributed by atoms with van der Waals surface area (Å²) < 4.78 is 37.3. The number of hydrogen-bond donors (Lipinski definition) is 1. The highest BCUT2D eigenvalue weighted by atomic mass is 19.3. The first-order valence-corrected chi connectivity index (χ1v) is 3.62. The number of hydrogen-bond acceptors (Lipinski definition) is 2. The number of carboxylic acid groups (broad SMARTS) is 1. The number of carbonyl (C=O) groups is 1. The molecule has 0 unspecified atom stereocenters. The molecule has 0 fully saturated rings. The molecule has 0 aliphatic carbocycles. The van der Waals surface area contributed by atoms with Crippen molar-refractivity contribution in [2.24, 2.45) is 0 Å². The van der Waals surface area contributed by atoms with Gasteiger partial charge in [0, 0.05) is 0 Å². The van der Waals surface area contributed by atoms with Crippen LogP contribution in [0.5, 0.6) is 0 Å². The van der Waals surface area contributed by atoms with E-state index in [2.05, 4.69) is 4.98 Å². The van der Waals surface area contributed by atoms with Crippen molar-refractivity contribution in [3.05, 3.63) is 28.8 Å². The van der Waals surface area contributed by atoms with Crippen LogP contribution in [0.4, 0.5) is 13.2 Å². The van der Waals surface area contributed by atoms with Gasteiger partial charge in [0.05, 0.1) is 0 Å². The number of alkyl halides is 2. The molecule has 0 spiro atoms. The second kappa shape index (κ2) is 3.65. The van der Waals surface area contributed by atoms with E-state index in [1.807, 2.05) is 0 Å². The minimum absolute atomic E-state index is 0.160. The minimum atomic E-state index is -2.91. The molecule has 1 rings (SSSR count). The van der Waals surface area contributed by atoms with Gasteiger partial charge in [0.15, 0.2) is 11.5 Å². The predicted molar refractivity (Wildman–Crippen MR) is 40.8 cm³/mol. The van der Waals surface area contributed by atoms with Crippen LogP contribution in [0.25, 0.3) is 0 Å². The Bertz CT molecular complexity index is 379. The van der Waals surface area contributed by atoms with E-state index in [9.17, 15) is 18.0 Å². The Morgan fingerprint density at radius 3 is 2.57 bits per heavy atom. The lowest BCUT2D eigenvalue weighted by atomic mass is 10.2. The molecule has 0 radical (unpaired) electrons. The van der Waals surface area contributed by atoms with Crippen molar-refractivity contribution in [2.45, 2.75) is 13.3 Å². The van der Waals surface area contributed by atoms with Crippen molar-refractivity contribution in [3.8, 4) is 0 Å². The van der Waals surface area contributed by atoms with Gasteiger partial charge in [-0.05, 0) is 18.6 Å². The van der Waals surface area contributed by atoms with E-state index in [4.69, 9.17) is 5.11 Å². The Hall–Kier alpha value is -1.59. The summed E-state index contributed by atoms with van der Waals surface area (Å²) in [7, 11) is 0. The van der Waals surface area contributed by atoms with E-state index in [0.29, 0.717) is 0 Å². The standard InChI is InChI=1S/C8H6F3NO2/c1-3-2-4(7(10)11)12-6(5(3)9)8(13)14/h2,7H,1H3,(H,13,14). The molecule has 3 nitrogen and oxygen atoms in total. The van der Waals surface area contributed by atoms with Crippen molar-refractivity contribution < 1.29 is 23.1 Å². The summed E-state index contributed by atoms with van der Waals surface area (Å²) in [6, 6.07) is 0.826. The van der Waals surface area contributed by atoms with Crippen LogP contribution >= 0.6 is 0 Å². The average molecular weight is 205 g/mol. The van der Waals surface area contributed by atoms with Crippen LogP contribution in [-0.2, 0) is 0 Å². The third-order valence-electron chi connectivity index (χ3n) is 1.59. The average Bonchev–Trinajstić information content (AvgIpc) is 2.08. The monoisotopic (exact) mass is 205 g/mol. The van der Waals surface area contributed by atoms with E-state index in [0.717, 1.165) is 6.07 Å². The lowest BCUT2D eigenvalue weighted by molar-refractivity contribution is 0.0682. The number of halogens is 3. The minimum Gasteiger partial charge on any atom is -0.476 e. The molecular weight excluding hydrogens is 199 g/mol. The van der Waals surface area contributed by atoms with Gasteiger partial charge in [0.1, 0.15) is 5.69 Å². The maximum atomic E-state index is 13.0. The van der Waals surface area contributed by atoms with Gasteiger partial charge in [-0.1, -0.05) is 0 Å². The molecule has 1 aromatic rings. The fourth-order valence-electron chi connectivity index (χ4n) is 0.936. The van der Waals surface area contributed by atoms with Gasteiger partial charge in [-0.3, -0.25) is 0 Å². The molecule has 1 aromatic heterocycles. The van der Waals surface area contributed by atoms with Gasteiger partial charge in [0.25, 0.3) is 6.43 Å². The smallest absolute Gasteiger partial charge is 0.357 e. The summed E-state index contributed by atoms with van der Waals surface area (Å²) >= 11 is 0. The van der Waals surface area contributed by atoms with Gasteiger partial charge < -0.3 is 5.11 Å². The number of aromatic carboxylic acids is 1. The third-order valence-corrected chi connectivity index (χ3v) is 1.59. The summed E-state index contributed by atoms with van der Waals surface area (Å²) in [5.41, 5.74) is -1.87. The molecule has 1 N–H and O–H groups in total. The highest BCUT2D eigenvalue weighted by Gasteiger charge is 2.19. The zero-order chi connectivity index (χ0) is 10.9. The molecule has 76 valence electrons. The molecule has 6 heteroatoms. The molecule has 0 aromatic carbocycles. The van der Waals surface area contributed by atoms with Crippen molar-refractivity contribution in [3.63, 3.8) is 0 Å².